The number of rotatable bonds is 4. The van der Waals surface area contributed by atoms with Gasteiger partial charge in [0.2, 0.25) is 10.0 Å². The monoisotopic (exact) mass is 487 g/mol. The Morgan fingerprint density at radius 2 is 1.47 bits per heavy atom. The lowest BCUT2D eigenvalue weighted by molar-refractivity contribution is -0.0456. The molecular formula is C18H25N5O7S2. The van der Waals surface area contributed by atoms with Crippen molar-refractivity contribution in [3.05, 3.63) is 39.0 Å². The first-order valence-corrected chi connectivity index (χ1v) is 13.0. The van der Waals surface area contributed by atoms with Gasteiger partial charge in [0, 0.05) is 39.3 Å². The summed E-state index contributed by atoms with van der Waals surface area (Å²) in [6.07, 6.45) is -0.442. The van der Waals surface area contributed by atoms with Gasteiger partial charge in [0.1, 0.15) is 0 Å². The fraction of sp³-hybridized carbons (Fsp3) is 0.556. The maximum atomic E-state index is 13.1. The van der Waals surface area contributed by atoms with Gasteiger partial charge >= 0.3 is 5.69 Å². The maximum absolute atomic E-state index is 13.1. The zero-order valence-corrected chi connectivity index (χ0v) is 19.3. The van der Waals surface area contributed by atoms with Crippen LogP contribution in [0, 0.1) is 0 Å². The van der Waals surface area contributed by atoms with Crippen LogP contribution < -0.4 is 11.2 Å². The van der Waals surface area contributed by atoms with Crippen molar-refractivity contribution in [1.29, 1.82) is 0 Å². The fourth-order valence-corrected chi connectivity index (χ4v) is 7.27. The molecule has 0 radical (unpaired) electrons. The number of hydrogen-bond acceptors (Lipinski definition) is 7. The fourth-order valence-electron chi connectivity index (χ4n) is 4.08. The number of nitrogens with one attached hydrogen (secondary N) is 2. The normalized spacial score (nSPS) is 24.7. The molecule has 1 aromatic carbocycles. The molecule has 14 heteroatoms. The van der Waals surface area contributed by atoms with Crippen molar-refractivity contribution in [3.8, 4) is 0 Å². The lowest BCUT2D eigenvalue weighted by Gasteiger charge is -2.39. The summed E-state index contributed by atoms with van der Waals surface area (Å²) in [5, 5.41) is 0.0439. The van der Waals surface area contributed by atoms with Gasteiger partial charge in [0.25, 0.3) is 15.8 Å². The number of piperazine rings is 1. The van der Waals surface area contributed by atoms with Crippen molar-refractivity contribution < 1.29 is 21.6 Å². The molecule has 2 saturated heterocycles. The van der Waals surface area contributed by atoms with Gasteiger partial charge in [0.15, 0.2) is 0 Å². The Hall–Kier alpha value is -2.10. The van der Waals surface area contributed by atoms with Gasteiger partial charge in [-0.15, -0.1) is 0 Å². The number of nitrogens with zero attached hydrogens (tertiary/aromatic N) is 3. The van der Waals surface area contributed by atoms with Gasteiger partial charge < -0.3 is 9.72 Å². The van der Waals surface area contributed by atoms with Crippen LogP contribution in [0.4, 0.5) is 0 Å². The van der Waals surface area contributed by atoms with Crippen molar-refractivity contribution in [1.82, 2.24) is 22.9 Å². The molecule has 2 aliphatic heterocycles. The number of morpholine rings is 1. The molecule has 0 spiro atoms. The standard InChI is InChI=1S/C18H25N5O7S2/c1-12-10-23(11-13(2)30-12)32(28,29)22-7-5-21(6-8-22)31(26,27)14-3-4-16-15(9-14)17(24)20-18(25)19-16/h3-4,9,12-13H,5-8,10-11H2,1-2H3,(H2,19,20,24,25). The minimum absolute atomic E-state index is 0.0168. The molecule has 2 N–H and O–H groups in total. The van der Waals surface area contributed by atoms with E-state index < -0.39 is 31.5 Å². The van der Waals surface area contributed by atoms with Crippen molar-refractivity contribution in [2.24, 2.45) is 0 Å². The summed E-state index contributed by atoms with van der Waals surface area (Å²) in [5.74, 6) is 0. The molecule has 1 aromatic heterocycles. The van der Waals surface area contributed by atoms with E-state index in [4.69, 9.17) is 4.74 Å². The number of aromatic amines is 2. The van der Waals surface area contributed by atoms with Gasteiger partial charge in [-0.05, 0) is 32.0 Å². The molecule has 2 aromatic rings. The minimum atomic E-state index is -3.96. The van der Waals surface area contributed by atoms with E-state index >= 15 is 0 Å². The van der Waals surface area contributed by atoms with Gasteiger partial charge in [-0.2, -0.15) is 21.3 Å². The van der Waals surface area contributed by atoms with E-state index in [1.165, 1.54) is 31.1 Å². The highest BCUT2D eigenvalue weighted by atomic mass is 32.2. The SMILES string of the molecule is CC1CN(S(=O)(=O)N2CCN(S(=O)(=O)c3ccc4[nH]c(=O)[nH]c(=O)c4c3)CC2)CC(C)O1. The third-order valence-corrected chi connectivity index (χ3v) is 9.45. The average molecular weight is 488 g/mol. The van der Waals surface area contributed by atoms with E-state index in [1.54, 1.807) is 0 Å². The molecule has 0 saturated carbocycles. The molecule has 12 nitrogen and oxygen atoms in total. The second-order valence-corrected chi connectivity index (χ2v) is 11.9. The van der Waals surface area contributed by atoms with Crippen molar-refractivity contribution in [3.63, 3.8) is 0 Å². The van der Waals surface area contributed by atoms with Crippen LogP contribution in [0.15, 0.2) is 32.7 Å². The number of aromatic nitrogens is 2. The first kappa shape index (κ1) is 23.1. The molecule has 2 fully saturated rings. The summed E-state index contributed by atoms with van der Waals surface area (Å²) < 4.78 is 61.7. The lowest BCUT2D eigenvalue weighted by atomic mass is 10.2. The van der Waals surface area contributed by atoms with E-state index in [0.717, 1.165) is 0 Å². The lowest BCUT2D eigenvalue weighted by Crippen LogP contribution is -2.57. The Morgan fingerprint density at radius 1 is 0.875 bits per heavy atom. The molecule has 176 valence electrons. The number of hydrogen-bond donors (Lipinski definition) is 2. The molecule has 0 amide bonds. The zero-order chi connectivity index (χ0) is 23.3. The second kappa shape index (κ2) is 8.35. The van der Waals surface area contributed by atoms with Crippen LogP contribution in [0.5, 0.6) is 0 Å². The van der Waals surface area contributed by atoms with Gasteiger partial charge in [-0.1, -0.05) is 0 Å². The van der Waals surface area contributed by atoms with Gasteiger partial charge in [-0.25, -0.2) is 13.2 Å². The van der Waals surface area contributed by atoms with E-state index in [-0.39, 0.29) is 67.3 Å². The van der Waals surface area contributed by atoms with Crippen LogP contribution in [-0.2, 0) is 25.0 Å². The number of fused-ring (bicyclic) bond motifs is 1. The van der Waals surface area contributed by atoms with Crippen LogP contribution in [-0.4, -0.2) is 91.2 Å². The maximum Gasteiger partial charge on any atom is 0.326 e. The Kier molecular flexibility index (Phi) is 6.02. The predicted molar refractivity (Wildman–Crippen MR) is 116 cm³/mol. The summed E-state index contributed by atoms with van der Waals surface area (Å²) in [6, 6.07) is 3.88. The molecule has 3 heterocycles. The molecule has 32 heavy (non-hydrogen) atoms. The zero-order valence-electron chi connectivity index (χ0n) is 17.6. The van der Waals surface area contributed by atoms with Gasteiger partial charge in [-0.3, -0.25) is 9.78 Å². The Balaban J connectivity index is 1.52. The third-order valence-electron chi connectivity index (χ3n) is 5.58. The second-order valence-electron chi connectivity index (χ2n) is 8.00. The largest absolute Gasteiger partial charge is 0.373 e. The summed E-state index contributed by atoms with van der Waals surface area (Å²) in [6.45, 7) is 4.12. The number of H-pyrrole nitrogens is 2. The molecule has 2 unspecified atom stereocenters. The summed E-state index contributed by atoms with van der Waals surface area (Å²) in [7, 11) is -7.70. The minimum Gasteiger partial charge on any atom is -0.373 e. The number of sulfonamides is 1. The van der Waals surface area contributed by atoms with Crippen molar-refractivity contribution in [2.75, 3.05) is 39.3 Å². The number of benzene rings is 1. The van der Waals surface area contributed by atoms with Crippen LogP contribution >= 0.6 is 0 Å². The molecule has 0 aliphatic carbocycles. The van der Waals surface area contributed by atoms with E-state index in [1.807, 2.05) is 13.8 Å². The van der Waals surface area contributed by atoms with Gasteiger partial charge in [0.05, 0.1) is 28.0 Å². The third kappa shape index (κ3) is 4.25. The Bertz CT molecular complexity index is 1330. The number of ether oxygens (including phenoxy) is 1. The van der Waals surface area contributed by atoms with Crippen LogP contribution in [0.2, 0.25) is 0 Å². The average Bonchev–Trinajstić information content (AvgIpc) is 2.72. The first-order chi connectivity index (χ1) is 15.0. The highest BCUT2D eigenvalue weighted by Gasteiger charge is 2.38. The topological polar surface area (TPSA) is 153 Å². The Labute approximate surface area is 185 Å². The molecular weight excluding hydrogens is 462 g/mol. The van der Waals surface area contributed by atoms with Crippen molar-refractivity contribution in [2.45, 2.75) is 31.0 Å². The Morgan fingerprint density at radius 3 is 2.09 bits per heavy atom. The van der Waals surface area contributed by atoms with Crippen LogP contribution in [0.25, 0.3) is 10.9 Å². The quantitative estimate of drug-likeness (QED) is 0.554. The van der Waals surface area contributed by atoms with Crippen LogP contribution in [0.1, 0.15) is 13.8 Å². The first-order valence-electron chi connectivity index (χ1n) is 10.2. The van der Waals surface area contributed by atoms with Crippen LogP contribution in [0.3, 0.4) is 0 Å². The smallest absolute Gasteiger partial charge is 0.326 e. The summed E-state index contributed by atoms with van der Waals surface area (Å²) >= 11 is 0. The van der Waals surface area contributed by atoms with Crippen molar-refractivity contribution >= 4 is 31.1 Å². The molecule has 0 bridgehead atoms. The highest BCUT2D eigenvalue weighted by molar-refractivity contribution is 7.89. The predicted octanol–water partition coefficient (Wildman–Crippen LogP) is -1.12. The summed E-state index contributed by atoms with van der Waals surface area (Å²) in [4.78, 5) is 27.8. The highest BCUT2D eigenvalue weighted by Crippen LogP contribution is 2.23. The van der Waals surface area contributed by atoms with E-state index in [0.29, 0.717) is 0 Å². The molecule has 4 rings (SSSR count). The van der Waals surface area contributed by atoms with E-state index in [2.05, 4.69) is 9.97 Å². The summed E-state index contributed by atoms with van der Waals surface area (Å²) in [5.41, 5.74) is -1.15. The molecule has 2 aliphatic rings. The van der Waals surface area contributed by atoms with E-state index in [9.17, 15) is 26.4 Å². The molecule has 2 atom stereocenters.